The zero-order valence-electron chi connectivity index (χ0n) is 15.7. The molecular formula is C19H29N3O3S. The molecule has 2 aliphatic heterocycles. The molecule has 0 aromatic carbocycles. The molecule has 0 saturated carbocycles. The summed E-state index contributed by atoms with van der Waals surface area (Å²) in [6.07, 6.45) is 7.23. The maximum Gasteiger partial charge on any atom is 0.222 e. The number of carbonyl (C=O) groups excluding carboxylic acids is 1. The number of hydrogen-bond donors (Lipinski definition) is 0. The summed E-state index contributed by atoms with van der Waals surface area (Å²) in [7, 11) is -3.19. The summed E-state index contributed by atoms with van der Waals surface area (Å²) in [5.41, 5.74) is 1.14. The molecule has 2 saturated heterocycles. The van der Waals surface area contributed by atoms with E-state index in [2.05, 4.69) is 4.98 Å². The molecule has 144 valence electrons. The van der Waals surface area contributed by atoms with E-state index < -0.39 is 10.0 Å². The highest BCUT2D eigenvalue weighted by Gasteiger charge is 2.43. The molecular weight excluding hydrogens is 350 g/mol. The predicted octanol–water partition coefficient (Wildman–Crippen LogP) is 2.41. The first-order chi connectivity index (χ1) is 12.4. The Balaban J connectivity index is 1.65. The number of aromatic nitrogens is 1. The third-order valence-electron chi connectivity index (χ3n) is 6.10. The average molecular weight is 380 g/mol. The van der Waals surface area contributed by atoms with Gasteiger partial charge in [0.1, 0.15) is 0 Å². The lowest BCUT2D eigenvalue weighted by Gasteiger charge is -2.47. The lowest BCUT2D eigenvalue weighted by Crippen LogP contribution is -2.52. The van der Waals surface area contributed by atoms with E-state index in [0.29, 0.717) is 32.5 Å². The van der Waals surface area contributed by atoms with Crippen molar-refractivity contribution in [2.45, 2.75) is 57.7 Å². The van der Waals surface area contributed by atoms with Crippen LogP contribution in [-0.4, -0.2) is 53.4 Å². The van der Waals surface area contributed by atoms with Gasteiger partial charge >= 0.3 is 0 Å². The van der Waals surface area contributed by atoms with E-state index in [1.165, 1.54) is 0 Å². The van der Waals surface area contributed by atoms with Gasteiger partial charge in [-0.15, -0.1) is 0 Å². The molecule has 0 aliphatic carbocycles. The van der Waals surface area contributed by atoms with E-state index >= 15 is 0 Å². The van der Waals surface area contributed by atoms with E-state index in [0.717, 1.165) is 31.4 Å². The Hall–Kier alpha value is -1.47. The van der Waals surface area contributed by atoms with Gasteiger partial charge in [0.2, 0.25) is 15.9 Å². The summed E-state index contributed by atoms with van der Waals surface area (Å²) < 4.78 is 26.9. The molecule has 26 heavy (non-hydrogen) atoms. The van der Waals surface area contributed by atoms with Gasteiger partial charge in [0.15, 0.2) is 0 Å². The number of hydrogen-bond acceptors (Lipinski definition) is 4. The van der Waals surface area contributed by atoms with Crippen LogP contribution in [0.15, 0.2) is 24.5 Å². The number of rotatable bonds is 5. The van der Waals surface area contributed by atoms with Crippen molar-refractivity contribution < 1.29 is 13.2 Å². The first kappa shape index (κ1) is 19.3. The van der Waals surface area contributed by atoms with Gasteiger partial charge in [0.05, 0.1) is 5.25 Å². The summed E-state index contributed by atoms with van der Waals surface area (Å²) in [4.78, 5) is 18.3. The lowest BCUT2D eigenvalue weighted by atomic mass is 9.72. The Bertz CT molecular complexity index is 728. The van der Waals surface area contributed by atoms with Gasteiger partial charge in [0, 0.05) is 45.0 Å². The summed E-state index contributed by atoms with van der Waals surface area (Å²) in [6.45, 7) is 6.18. The molecule has 6 nitrogen and oxygen atoms in total. The first-order valence-corrected chi connectivity index (χ1v) is 11.0. The summed E-state index contributed by atoms with van der Waals surface area (Å²) in [5.74, 6) is 0.196. The second-order valence-electron chi connectivity index (χ2n) is 7.77. The minimum absolute atomic E-state index is 0.0579. The molecule has 1 aromatic rings. The fourth-order valence-corrected chi connectivity index (χ4v) is 5.66. The van der Waals surface area contributed by atoms with Crippen LogP contribution in [0.2, 0.25) is 0 Å². The predicted molar refractivity (Wildman–Crippen MR) is 101 cm³/mol. The minimum atomic E-state index is -3.19. The van der Waals surface area contributed by atoms with Crippen molar-refractivity contribution in [3.63, 3.8) is 0 Å². The van der Waals surface area contributed by atoms with E-state index in [1.807, 2.05) is 24.0 Å². The second-order valence-corrected chi connectivity index (χ2v) is 10.1. The second kappa shape index (κ2) is 7.64. The monoisotopic (exact) mass is 379 g/mol. The molecule has 3 heterocycles. The zero-order valence-corrected chi connectivity index (χ0v) is 16.5. The van der Waals surface area contributed by atoms with Gasteiger partial charge < -0.3 is 4.90 Å². The summed E-state index contributed by atoms with van der Waals surface area (Å²) in [5, 5.41) is -0.326. The Labute approximate surface area is 156 Å². The van der Waals surface area contributed by atoms with Gasteiger partial charge in [0.25, 0.3) is 0 Å². The van der Waals surface area contributed by atoms with Crippen molar-refractivity contribution in [3.8, 4) is 0 Å². The van der Waals surface area contributed by atoms with E-state index in [1.54, 1.807) is 23.6 Å². The molecule has 0 radical (unpaired) electrons. The van der Waals surface area contributed by atoms with Crippen LogP contribution < -0.4 is 0 Å². The fraction of sp³-hybridized carbons (Fsp3) is 0.684. The Morgan fingerprint density at radius 2 is 1.85 bits per heavy atom. The topological polar surface area (TPSA) is 70.6 Å². The Kier molecular flexibility index (Phi) is 5.67. The zero-order chi connectivity index (χ0) is 18.8. The van der Waals surface area contributed by atoms with Gasteiger partial charge in [-0.05, 0) is 55.7 Å². The summed E-state index contributed by atoms with van der Waals surface area (Å²) >= 11 is 0. The van der Waals surface area contributed by atoms with Crippen LogP contribution in [0.25, 0.3) is 0 Å². The molecule has 1 spiro atoms. The number of nitrogens with zero attached hydrogens (tertiary/aromatic N) is 3. The van der Waals surface area contributed by atoms with Crippen LogP contribution >= 0.6 is 0 Å². The van der Waals surface area contributed by atoms with Crippen molar-refractivity contribution in [1.82, 2.24) is 14.2 Å². The van der Waals surface area contributed by atoms with E-state index in [4.69, 9.17) is 0 Å². The Morgan fingerprint density at radius 1 is 1.19 bits per heavy atom. The quantitative estimate of drug-likeness (QED) is 0.788. The highest BCUT2D eigenvalue weighted by Crippen LogP contribution is 2.41. The van der Waals surface area contributed by atoms with Crippen molar-refractivity contribution in [2.75, 3.05) is 19.6 Å². The Morgan fingerprint density at radius 3 is 2.46 bits per heavy atom. The maximum absolute atomic E-state index is 12.6. The van der Waals surface area contributed by atoms with Crippen LogP contribution in [0.5, 0.6) is 0 Å². The van der Waals surface area contributed by atoms with Crippen LogP contribution in [0, 0.1) is 5.41 Å². The van der Waals surface area contributed by atoms with Gasteiger partial charge in [-0.25, -0.2) is 12.7 Å². The van der Waals surface area contributed by atoms with Crippen LogP contribution in [-0.2, 0) is 21.4 Å². The fourth-order valence-electron chi connectivity index (χ4n) is 4.04. The SMILES string of the molecule is CC[C@@H](C)S(=O)(=O)N1CCC2(CCC(=O)N(Cc3ccncc3)C2)CC1. The standard InChI is InChI=1S/C19H29N3O3S/c1-3-16(2)26(24,25)22-12-8-19(9-13-22)7-4-18(23)21(15-19)14-17-5-10-20-11-6-17/h5-6,10-11,16H,3-4,7-9,12-15H2,1-2H3/t16-/m1/s1. The number of carbonyl (C=O) groups is 1. The molecule has 2 aliphatic rings. The normalized spacial score (nSPS) is 22.5. The van der Waals surface area contributed by atoms with Crippen molar-refractivity contribution in [1.29, 1.82) is 0 Å². The first-order valence-electron chi connectivity index (χ1n) is 9.52. The van der Waals surface area contributed by atoms with Crippen molar-refractivity contribution in [3.05, 3.63) is 30.1 Å². The van der Waals surface area contributed by atoms with Gasteiger partial charge in [-0.3, -0.25) is 9.78 Å². The molecule has 3 rings (SSSR count). The molecule has 1 amide bonds. The average Bonchev–Trinajstić information content (AvgIpc) is 2.65. The minimum Gasteiger partial charge on any atom is -0.338 e. The third kappa shape index (κ3) is 3.93. The lowest BCUT2D eigenvalue weighted by molar-refractivity contribution is -0.139. The van der Waals surface area contributed by atoms with Crippen LogP contribution in [0.1, 0.15) is 51.5 Å². The highest BCUT2D eigenvalue weighted by molar-refractivity contribution is 7.89. The smallest absolute Gasteiger partial charge is 0.222 e. The molecule has 1 atom stereocenters. The molecule has 2 fully saturated rings. The van der Waals surface area contributed by atoms with Crippen LogP contribution in [0.3, 0.4) is 0 Å². The largest absolute Gasteiger partial charge is 0.338 e. The highest BCUT2D eigenvalue weighted by atomic mass is 32.2. The van der Waals surface area contributed by atoms with Crippen molar-refractivity contribution >= 4 is 15.9 Å². The maximum atomic E-state index is 12.6. The molecule has 0 bridgehead atoms. The third-order valence-corrected chi connectivity index (χ3v) is 8.53. The summed E-state index contributed by atoms with van der Waals surface area (Å²) in [6, 6.07) is 3.88. The number of amides is 1. The molecule has 0 N–H and O–H groups in total. The molecule has 7 heteroatoms. The van der Waals surface area contributed by atoms with Crippen LogP contribution in [0.4, 0.5) is 0 Å². The van der Waals surface area contributed by atoms with Crippen molar-refractivity contribution in [2.24, 2.45) is 5.41 Å². The number of piperidine rings is 2. The van der Waals surface area contributed by atoms with Gasteiger partial charge in [-0.2, -0.15) is 0 Å². The molecule has 0 unspecified atom stereocenters. The van der Waals surface area contributed by atoms with E-state index in [9.17, 15) is 13.2 Å². The number of sulfonamides is 1. The van der Waals surface area contributed by atoms with Gasteiger partial charge in [-0.1, -0.05) is 6.92 Å². The number of likely N-dealkylation sites (tertiary alicyclic amines) is 1. The molecule has 1 aromatic heterocycles. The van der Waals surface area contributed by atoms with E-state index in [-0.39, 0.29) is 16.6 Å². The number of pyridine rings is 1.